The zero-order valence-electron chi connectivity index (χ0n) is 10.3. The second-order valence-electron chi connectivity index (χ2n) is 4.34. The molecule has 0 aliphatic rings. The molecule has 0 bridgehead atoms. The highest BCUT2D eigenvalue weighted by atomic mass is 16.6. The number of fused-ring (bicyclic) bond motifs is 2. The highest BCUT2D eigenvalue weighted by Gasteiger charge is 2.07. The number of ether oxygens (including phenoxy) is 1. The number of para-hydroxylation sites is 1. The van der Waals surface area contributed by atoms with Crippen molar-refractivity contribution in [2.24, 2.45) is 0 Å². The molecule has 3 aromatic rings. The fraction of sp³-hybridized carbons (Fsp3) is 0.267. The molecule has 0 atom stereocenters. The Morgan fingerprint density at radius 1 is 1.17 bits per heavy atom. The van der Waals surface area contributed by atoms with Crippen LogP contribution >= 0.6 is 0 Å². The van der Waals surface area contributed by atoms with Crippen LogP contribution in [0.2, 0.25) is 0 Å². The molecule has 0 radical (unpaired) electrons. The second kappa shape index (κ2) is 4.69. The average Bonchev–Trinajstić information content (AvgIpc) is 2.77. The Morgan fingerprint density at radius 3 is 2.94 bits per heavy atom. The van der Waals surface area contributed by atoms with Crippen molar-refractivity contribution in [3.05, 3.63) is 36.4 Å². The number of rotatable bonds is 4. The number of pyridine rings is 1. The van der Waals surface area contributed by atoms with Crippen LogP contribution in [0.3, 0.4) is 0 Å². The maximum atomic E-state index is 5.59. The lowest BCUT2D eigenvalue weighted by Gasteiger charge is -1.98. The summed E-state index contributed by atoms with van der Waals surface area (Å²) in [5.41, 5.74) is 1.58. The van der Waals surface area contributed by atoms with Crippen molar-refractivity contribution < 1.29 is 9.15 Å². The summed E-state index contributed by atoms with van der Waals surface area (Å²) in [5.74, 6) is 0.557. The van der Waals surface area contributed by atoms with Crippen molar-refractivity contribution in [3.8, 4) is 5.95 Å². The monoisotopic (exact) mass is 241 g/mol. The lowest BCUT2D eigenvalue weighted by molar-refractivity contribution is 0.244. The Kier molecular flexibility index (Phi) is 2.89. The minimum atomic E-state index is 0.557. The van der Waals surface area contributed by atoms with Crippen LogP contribution in [0, 0.1) is 0 Å². The molecule has 0 saturated heterocycles. The van der Waals surface area contributed by atoms with E-state index in [1.54, 1.807) is 0 Å². The lowest BCUT2D eigenvalue weighted by atomic mass is 10.2. The third-order valence-electron chi connectivity index (χ3n) is 2.93. The molecule has 0 unspecified atom stereocenters. The third kappa shape index (κ3) is 2.04. The zero-order valence-corrected chi connectivity index (χ0v) is 10.3. The first kappa shape index (κ1) is 11.1. The fourth-order valence-corrected chi connectivity index (χ4v) is 1.94. The highest BCUT2D eigenvalue weighted by Crippen LogP contribution is 2.26. The molecule has 0 saturated carbocycles. The number of hydrogen-bond acceptors (Lipinski definition) is 3. The molecule has 18 heavy (non-hydrogen) atoms. The summed E-state index contributed by atoms with van der Waals surface area (Å²) in [7, 11) is 0. The summed E-state index contributed by atoms with van der Waals surface area (Å²) in [6, 6.07) is 12.0. The number of furan rings is 1. The normalized spacial score (nSPS) is 11.2. The summed E-state index contributed by atoms with van der Waals surface area (Å²) in [5, 5.41) is 2.10. The summed E-state index contributed by atoms with van der Waals surface area (Å²) in [6.07, 6.45) is 2.15. The first-order valence-electron chi connectivity index (χ1n) is 6.29. The van der Waals surface area contributed by atoms with Gasteiger partial charge in [0.25, 0.3) is 5.95 Å². The van der Waals surface area contributed by atoms with E-state index in [0.29, 0.717) is 18.3 Å². The van der Waals surface area contributed by atoms with Gasteiger partial charge in [-0.1, -0.05) is 31.5 Å². The van der Waals surface area contributed by atoms with Gasteiger partial charge in [-0.3, -0.25) is 0 Å². The maximum absolute atomic E-state index is 5.59. The minimum absolute atomic E-state index is 0.557. The summed E-state index contributed by atoms with van der Waals surface area (Å²) >= 11 is 0. The van der Waals surface area contributed by atoms with E-state index in [-0.39, 0.29) is 0 Å². The molecule has 3 heteroatoms. The van der Waals surface area contributed by atoms with E-state index in [9.17, 15) is 0 Å². The molecule has 2 heterocycles. The van der Waals surface area contributed by atoms with Crippen LogP contribution in [0.1, 0.15) is 19.8 Å². The van der Waals surface area contributed by atoms with Crippen molar-refractivity contribution >= 4 is 22.0 Å². The molecule has 0 N–H and O–H groups in total. The third-order valence-corrected chi connectivity index (χ3v) is 2.93. The van der Waals surface area contributed by atoms with Crippen molar-refractivity contribution in [1.29, 1.82) is 0 Å². The van der Waals surface area contributed by atoms with E-state index < -0.39 is 0 Å². The van der Waals surface area contributed by atoms with Crippen LogP contribution in [0.15, 0.2) is 40.8 Å². The summed E-state index contributed by atoms with van der Waals surface area (Å²) < 4.78 is 11.1. The van der Waals surface area contributed by atoms with Gasteiger partial charge in [0.05, 0.1) is 12.1 Å². The number of hydrogen-bond donors (Lipinski definition) is 0. The smallest absolute Gasteiger partial charge is 0.286 e. The highest BCUT2D eigenvalue weighted by molar-refractivity contribution is 5.90. The Bertz CT molecular complexity index is 620. The molecule has 0 spiro atoms. The van der Waals surface area contributed by atoms with E-state index in [0.717, 1.165) is 29.1 Å². The van der Waals surface area contributed by atoms with Gasteiger partial charge < -0.3 is 9.15 Å². The Hall–Kier alpha value is -2.03. The molecule has 92 valence electrons. The SMILES string of the molecule is CCCCOc1cc2cc3ccccc3nc2o1. The molecule has 0 aliphatic heterocycles. The predicted octanol–water partition coefficient (Wildman–Crippen LogP) is 4.16. The second-order valence-corrected chi connectivity index (χ2v) is 4.34. The van der Waals surface area contributed by atoms with Crippen LogP contribution < -0.4 is 4.74 Å². The first-order chi connectivity index (χ1) is 8.86. The number of benzene rings is 1. The van der Waals surface area contributed by atoms with E-state index >= 15 is 0 Å². The van der Waals surface area contributed by atoms with Crippen LogP contribution in [-0.2, 0) is 0 Å². The molecule has 0 fully saturated rings. The van der Waals surface area contributed by atoms with Gasteiger partial charge in [-0.05, 0) is 18.6 Å². The lowest BCUT2D eigenvalue weighted by Crippen LogP contribution is -1.94. The Balaban J connectivity index is 1.98. The molecule has 0 aliphatic carbocycles. The number of unbranched alkanes of at least 4 members (excludes halogenated alkanes) is 1. The predicted molar refractivity (Wildman–Crippen MR) is 71.9 cm³/mol. The van der Waals surface area contributed by atoms with Crippen molar-refractivity contribution in [3.63, 3.8) is 0 Å². The molecule has 1 aromatic carbocycles. The van der Waals surface area contributed by atoms with E-state index in [1.165, 1.54) is 0 Å². The van der Waals surface area contributed by atoms with E-state index in [1.807, 2.05) is 30.3 Å². The van der Waals surface area contributed by atoms with Crippen LogP contribution in [0.5, 0.6) is 5.95 Å². The van der Waals surface area contributed by atoms with Gasteiger partial charge in [0, 0.05) is 16.8 Å². The van der Waals surface area contributed by atoms with Gasteiger partial charge in [0.15, 0.2) is 0 Å². The summed E-state index contributed by atoms with van der Waals surface area (Å²) in [4.78, 5) is 4.48. The van der Waals surface area contributed by atoms with Gasteiger partial charge >= 0.3 is 0 Å². The minimum Gasteiger partial charge on any atom is -0.465 e. The molecule has 3 nitrogen and oxygen atoms in total. The molecule has 0 amide bonds. The fourth-order valence-electron chi connectivity index (χ4n) is 1.94. The van der Waals surface area contributed by atoms with E-state index in [2.05, 4.69) is 18.0 Å². The molecule has 3 rings (SSSR count). The van der Waals surface area contributed by atoms with Gasteiger partial charge in [-0.2, -0.15) is 0 Å². The molecular weight excluding hydrogens is 226 g/mol. The van der Waals surface area contributed by atoms with Crippen molar-refractivity contribution in [2.75, 3.05) is 6.61 Å². The van der Waals surface area contributed by atoms with Crippen LogP contribution in [0.4, 0.5) is 0 Å². The number of nitrogens with zero attached hydrogens (tertiary/aromatic N) is 1. The molecular formula is C15H15NO2. The summed E-state index contributed by atoms with van der Waals surface area (Å²) in [6.45, 7) is 2.83. The van der Waals surface area contributed by atoms with Crippen molar-refractivity contribution in [1.82, 2.24) is 4.98 Å². The van der Waals surface area contributed by atoms with Crippen LogP contribution in [0.25, 0.3) is 22.0 Å². The first-order valence-corrected chi connectivity index (χ1v) is 6.29. The Morgan fingerprint density at radius 2 is 2.06 bits per heavy atom. The van der Waals surface area contributed by atoms with Gasteiger partial charge in [0.2, 0.25) is 5.71 Å². The quantitative estimate of drug-likeness (QED) is 0.643. The van der Waals surface area contributed by atoms with Gasteiger partial charge in [-0.15, -0.1) is 0 Å². The van der Waals surface area contributed by atoms with Gasteiger partial charge in [-0.25, -0.2) is 4.98 Å². The molecule has 2 aromatic heterocycles. The zero-order chi connectivity index (χ0) is 12.4. The topological polar surface area (TPSA) is 35.3 Å². The average molecular weight is 241 g/mol. The van der Waals surface area contributed by atoms with Crippen molar-refractivity contribution in [2.45, 2.75) is 19.8 Å². The standard InChI is InChI=1S/C15H15NO2/c1-2-3-8-17-14-10-12-9-11-6-4-5-7-13(11)16-15(12)18-14/h4-7,9-10H,2-3,8H2,1H3. The Labute approximate surface area is 105 Å². The maximum Gasteiger partial charge on any atom is 0.286 e. The van der Waals surface area contributed by atoms with E-state index in [4.69, 9.17) is 9.15 Å². The van der Waals surface area contributed by atoms with Gasteiger partial charge in [0.1, 0.15) is 0 Å². The largest absolute Gasteiger partial charge is 0.465 e. The number of aromatic nitrogens is 1. The van der Waals surface area contributed by atoms with Crippen LogP contribution in [-0.4, -0.2) is 11.6 Å².